The third kappa shape index (κ3) is 3.59. The topological polar surface area (TPSA) is 65.4 Å². The number of likely N-dealkylation sites (tertiary alicyclic amines) is 1. The predicted octanol–water partition coefficient (Wildman–Crippen LogP) is 2.40. The van der Waals surface area contributed by atoms with Gasteiger partial charge in [0.1, 0.15) is 5.41 Å². The largest absolute Gasteiger partial charge is 0.381 e. The predicted molar refractivity (Wildman–Crippen MR) is 95.8 cm³/mol. The molecule has 2 aliphatic heterocycles. The lowest BCUT2D eigenvalue weighted by atomic mass is 9.80. The number of carbonyl (C=O) groups excluding carboxylic acids is 1. The standard InChI is InChI=1S/C19H25N3O2S/c20-13-19(5-7-24-8-6-19)18(23)21-17-12-22(10-15-2-1-9-25-15)11-16(17)14-3-4-14/h1-2,9,14,16-17H,3-8,10-12H2,(H,21,23)/t16-,17+/m0/s1. The molecule has 1 aromatic rings. The number of thiophene rings is 1. The molecule has 0 aromatic carbocycles. The molecule has 25 heavy (non-hydrogen) atoms. The van der Waals surface area contributed by atoms with Gasteiger partial charge in [-0.15, -0.1) is 11.3 Å². The van der Waals surface area contributed by atoms with Gasteiger partial charge in [0.05, 0.1) is 6.07 Å². The Balaban J connectivity index is 1.42. The van der Waals surface area contributed by atoms with E-state index in [2.05, 4.69) is 33.8 Å². The molecule has 5 nitrogen and oxygen atoms in total. The molecule has 1 saturated carbocycles. The molecule has 0 unspecified atom stereocenters. The van der Waals surface area contributed by atoms with Gasteiger partial charge < -0.3 is 10.1 Å². The maximum absolute atomic E-state index is 12.9. The minimum Gasteiger partial charge on any atom is -0.381 e. The molecule has 2 saturated heterocycles. The molecule has 6 heteroatoms. The minimum atomic E-state index is -0.895. The first-order chi connectivity index (χ1) is 12.2. The Morgan fingerprint density at radius 1 is 1.40 bits per heavy atom. The average Bonchev–Trinajstić information content (AvgIpc) is 3.22. The summed E-state index contributed by atoms with van der Waals surface area (Å²) < 4.78 is 5.35. The van der Waals surface area contributed by atoms with Crippen LogP contribution in [0.1, 0.15) is 30.6 Å². The van der Waals surface area contributed by atoms with E-state index in [0.29, 0.717) is 32.0 Å². The summed E-state index contributed by atoms with van der Waals surface area (Å²) in [5.41, 5.74) is -0.895. The molecule has 4 rings (SSSR count). The molecule has 134 valence electrons. The second-order valence-corrected chi connectivity index (χ2v) is 8.69. The Morgan fingerprint density at radius 2 is 2.20 bits per heavy atom. The van der Waals surface area contributed by atoms with E-state index in [0.717, 1.165) is 25.6 Å². The maximum atomic E-state index is 12.9. The molecule has 0 bridgehead atoms. The molecule has 3 aliphatic rings. The summed E-state index contributed by atoms with van der Waals surface area (Å²) in [7, 11) is 0. The van der Waals surface area contributed by atoms with E-state index in [9.17, 15) is 10.1 Å². The summed E-state index contributed by atoms with van der Waals surface area (Å²) in [6.07, 6.45) is 3.58. The van der Waals surface area contributed by atoms with Gasteiger partial charge in [-0.05, 0) is 49.0 Å². The zero-order chi connectivity index (χ0) is 17.3. The van der Waals surface area contributed by atoms with Crippen LogP contribution in [0.5, 0.6) is 0 Å². The van der Waals surface area contributed by atoms with Crippen LogP contribution in [0.3, 0.4) is 0 Å². The SMILES string of the molecule is N#CC1(C(=O)N[C@@H]2CN(Cc3cccs3)C[C@H]2C2CC2)CCOCC1. The lowest BCUT2D eigenvalue weighted by Gasteiger charge is -2.31. The van der Waals surface area contributed by atoms with Crippen LogP contribution in [0.4, 0.5) is 0 Å². The Labute approximate surface area is 153 Å². The molecule has 3 heterocycles. The second-order valence-electron chi connectivity index (χ2n) is 7.66. The lowest BCUT2D eigenvalue weighted by molar-refractivity contribution is -0.133. The number of nitrogens with zero attached hydrogens (tertiary/aromatic N) is 2. The van der Waals surface area contributed by atoms with Gasteiger partial charge in [0, 0.05) is 43.8 Å². The Morgan fingerprint density at radius 3 is 2.84 bits per heavy atom. The highest BCUT2D eigenvalue weighted by Gasteiger charge is 2.46. The molecule has 1 amide bonds. The van der Waals surface area contributed by atoms with E-state index < -0.39 is 5.41 Å². The highest BCUT2D eigenvalue weighted by atomic mass is 32.1. The van der Waals surface area contributed by atoms with Crippen LogP contribution in [-0.4, -0.2) is 43.2 Å². The van der Waals surface area contributed by atoms with E-state index in [1.54, 1.807) is 11.3 Å². The molecule has 0 spiro atoms. The van der Waals surface area contributed by atoms with Crippen molar-refractivity contribution in [2.75, 3.05) is 26.3 Å². The van der Waals surface area contributed by atoms with Gasteiger partial charge in [0.25, 0.3) is 0 Å². The summed E-state index contributed by atoms with van der Waals surface area (Å²) in [4.78, 5) is 16.7. The van der Waals surface area contributed by atoms with Crippen LogP contribution in [0.25, 0.3) is 0 Å². The van der Waals surface area contributed by atoms with Crippen molar-refractivity contribution in [2.45, 2.75) is 38.3 Å². The smallest absolute Gasteiger partial charge is 0.240 e. The summed E-state index contributed by atoms with van der Waals surface area (Å²) >= 11 is 1.79. The van der Waals surface area contributed by atoms with Crippen LogP contribution in [-0.2, 0) is 16.1 Å². The van der Waals surface area contributed by atoms with E-state index >= 15 is 0 Å². The second kappa shape index (κ2) is 7.06. The number of ether oxygens (including phenoxy) is 1. The number of amides is 1. The van der Waals surface area contributed by atoms with Gasteiger partial charge in [-0.3, -0.25) is 9.69 Å². The molecule has 2 atom stereocenters. The van der Waals surface area contributed by atoms with Crippen molar-refractivity contribution in [2.24, 2.45) is 17.3 Å². The Kier molecular flexibility index (Phi) is 4.81. The number of hydrogen-bond donors (Lipinski definition) is 1. The van der Waals surface area contributed by atoms with Crippen molar-refractivity contribution < 1.29 is 9.53 Å². The Hall–Kier alpha value is -1.42. The van der Waals surface area contributed by atoms with Crippen molar-refractivity contribution in [1.82, 2.24) is 10.2 Å². The molecular formula is C19H25N3O2S. The number of carbonyl (C=O) groups is 1. The van der Waals surface area contributed by atoms with Gasteiger partial charge in [0.15, 0.2) is 0 Å². The van der Waals surface area contributed by atoms with E-state index in [1.807, 2.05) is 0 Å². The third-order valence-electron chi connectivity index (χ3n) is 5.94. The number of hydrogen-bond acceptors (Lipinski definition) is 5. The van der Waals surface area contributed by atoms with Crippen LogP contribution in [0.15, 0.2) is 17.5 Å². The summed E-state index contributed by atoms with van der Waals surface area (Å²) in [6.45, 7) is 3.91. The van der Waals surface area contributed by atoms with E-state index in [1.165, 1.54) is 17.7 Å². The van der Waals surface area contributed by atoms with Crippen molar-refractivity contribution in [1.29, 1.82) is 5.26 Å². The minimum absolute atomic E-state index is 0.0769. The molecule has 0 radical (unpaired) electrons. The quantitative estimate of drug-likeness (QED) is 0.877. The number of rotatable bonds is 5. The van der Waals surface area contributed by atoms with E-state index in [4.69, 9.17) is 4.74 Å². The lowest BCUT2D eigenvalue weighted by Crippen LogP contribution is -2.50. The first-order valence-corrected chi connectivity index (χ1v) is 10.1. The Bertz CT molecular complexity index is 644. The first-order valence-electron chi connectivity index (χ1n) is 9.25. The zero-order valence-corrected chi connectivity index (χ0v) is 15.3. The van der Waals surface area contributed by atoms with Gasteiger partial charge >= 0.3 is 0 Å². The highest BCUT2D eigenvalue weighted by molar-refractivity contribution is 7.09. The number of nitriles is 1. The molecule has 1 aromatic heterocycles. The maximum Gasteiger partial charge on any atom is 0.240 e. The van der Waals surface area contributed by atoms with Gasteiger partial charge in [-0.2, -0.15) is 5.26 Å². The third-order valence-corrected chi connectivity index (χ3v) is 6.80. The van der Waals surface area contributed by atoms with Crippen LogP contribution in [0, 0.1) is 28.6 Å². The van der Waals surface area contributed by atoms with Crippen LogP contribution >= 0.6 is 11.3 Å². The van der Waals surface area contributed by atoms with Gasteiger partial charge in [0.2, 0.25) is 5.91 Å². The average molecular weight is 359 g/mol. The van der Waals surface area contributed by atoms with Crippen molar-refractivity contribution in [3.63, 3.8) is 0 Å². The zero-order valence-electron chi connectivity index (χ0n) is 14.4. The monoisotopic (exact) mass is 359 g/mol. The van der Waals surface area contributed by atoms with Gasteiger partial charge in [-0.25, -0.2) is 0 Å². The van der Waals surface area contributed by atoms with Crippen molar-refractivity contribution in [3.05, 3.63) is 22.4 Å². The fraction of sp³-hybridized carbons (Fsp3) is 0.684. The number of nitrogens with one attached hydrogen (secondary N) is 1. The summed E-state index contributed by atoms with van der Waals surface area (Å²) in [6, 6.07) is 6.74. The highest BCUT2D eigenvalue weighted by Crippen LogP contribution is 2.42. The summed E-state index contributed by atoms with van der Waals surface area (Å²) in [5.74, 6) is 1.19. The normalized spacial score (nSPS) is 29.2. The summed E-state index contributed by atoms with van der Waals surface area (Å²) in [5, 5.41) is 15.0. The van der Waals surface area contributed by atoms with Crippen LogP contribution in [0.2, 0.25) is 0 Å². The molecule has 3 fully saturated rings. The van der Waals surface area contributed by atoms with Crippen molar-refractivity contribution in [3.8, 4) is 6.07 Å². The van der Waals surface area contributed by atoms with Crippen molar-refractivity contribution >= 4 is 17.2 Å². The molecular weight excluding hydrogens is 334 g/mol. The first kappa shape index (κ1) is 17.0. The van der Waals surface area contributed by atoms with Gasteiger partial charge in [-0.1, -0.05) is 6.07 Å². The van der Waals surface area contributed by atoms with Crippen LogP contribution < -0.4 is 5.32 Å². The van der Waals surface area contributed by atoms with E-state index in [-0.39, 0.29) is 11.9 Å². The molecule has 1 aliphatic carbocycles. The fourth-order valence-electron chi connectivity index (χ4n) is 4.24. The molecule has 1 N–H and O–H groups in total. The fourth-order valence-corrected chi connectivity index (χ4v) is 4.98.